The third-order valence-corrected chi connectivity index (χ3v) is 13.6. The Bertz CT molecular complexity index is 3970. The van der Waals surface area contributed by atoms with Crippen LogP contribution in [0.4, 0.5) is 0 Å². The van der Waals surface area contributed by atoms with Gasteiger partial charge in [-0.05, 0) is 96.1 Å². The molecule has 0 aliphatic carbocycles. The Morgan fingerprint density at radius 1 is 0.297 bits per heavy atom. The summed E-state index contributed by atoms with van der Waals surface area (Å²) in [5.74, 6) is 0. The van der Waals surface area contributed by atoms with Crippen LogP contribution in [0.2, 0.25) is 0 Å². The number of aryl methyl sites for hydroxylation is 2. The van der Waals surface area contributed by atoms with Gasteiger partial charge >= 0.3 is 0 Å². The summed E-state index contributed by atoms with van der Waals surface area (Å²) in [5.41, 5.74) is 13.6. The van der Waals surface area contributed by atoms with Crippen LogP contribution in [-0.4, -0.2) is 18.3 Å². The Kier molecular flexibility index (Phi) is 7.64. The lowest BCUT2D eigenvalue weighted by molar-refractivity contribution is 0.994. The second-order valence-electron chi connectivity index (χ2n) is 16.9. The molecule has 302 valence electrons. The summed E-state index contributed by atoms with van der Waals surface area (Å²) in [6.07, 6.45) is 0. The first-order valence-electron chi connectivity index (χ1n) is 21.6. The van der Waals surface area contributed by atoms with E-state index >= 15 is 0 Å². The minimum atomic E-state index is -0.0605. The van der Waals surface area contributed by atoms with Gasteiger partial charge in [-0.2, -0.15) is 0 Å². The molecule has 13 rings (SSSR count). The van der Waals surface area contributed by atoms with Gasteiger partial charge < -0.3 is 18.3 Å². The number of benzene rings is 9. The second-order valence-corrected chi connectivity index (χ2v) is 16.9. The Labute approximate surface area is 366 Å². The molecule has 6 heteroatoms. The molecular formula is C58H38N4O2. The Balaban J connectivity index is 1.01. The van der Waals surface area contributed by atoms with Gasteiger partial charge in [0.2, 0.25) is 0 Å². The molecular weight excluding hydrogens is 785 g/mol. The largest absolute Gasteiger partial charge is 0.343 e. The van der Waals surface area contributed by atoms with Gasteiger partial charge in [0, 0.05) is 79.7 Å². The van der Waals surface area contributed by atoms with Gasteiger partial charge in [-0.15, -0.1) is 0 Å². The molecule has 0 bridgehead atoms. The average Bonchev–Trinajstić information content (AvgIpc) is 3.87. The molecule has 0 atom stereocenters. The van der Waals surface area contributed by atoms with E-state index in [0.717, 1.165) is 88.3 Å². The molecule has 0 spiro atoms. The molecule has 0 saturated heterocycles. The van der Waals surface area contributed by atoms with Crippen LogP contribution in [0.25, 0.3) is 121 Å². The fourth-order valence-electron chi connectivity index (χ4n) is 10.7. The summed E-state index contributed by atoms with van der Waals surface area (Å²) in [4.78, 5) is 29.6. The molecule has 0 aliphatic rings. The Hall–Kier alpha value is -8.48. The highest BCUT2D eigenvalue weighted by molar-refractivity contribution is 6.14. The summed E-state index contributed by atoms with van der Waals surface area (Å²) in [7, 11) is 4.02. The van der Waals surface area contributed by atoms with Crippen molar-refractivity contribution in [2.75, 3.05) is 0 Å². The summed E-state index contributed by atoms with van der Waals surface area (Å²) in [6, 6.07) is 67.0. The van der Waals surface area contributed by atoms with Gasteiger partial charge in [0.05, 0.1) is 44.1 Å². The Morgan fingerprint density at radius 3 is 1.11 bits per heavy atom. The zero-order chi connectivity index (χ0) is 42.8. The topological polar surface area (TPSA) is 53.9 Å². The lowest BCUT2D eigenvalue weighted by atomic mass is 9.96. The number of aromatic nitrogens is 4. The van der Waals surface area contributed by atoms with Crippen molar-refractivity contribution in [3.05, 3.63) is 215 Å². The monoisotopic (exact) mass is 822 g/mol. The Morgan fingerprint density at radius 2 is 0.672 bits per heavy atom. The van der Waals surface area contributed by atoms with E-state index in [1.54, 1.807) is 0 Å². The zero-order valence-electron chi connectivity index (χ0n) is 35.1. The van der Waals surface area contributed by atoms with E-state index in [2.05, 4.69) is 164 Å². The van der Waals surface area contributed by atoms with Gasteiger partial charge in [-0.25, -0.2) is 0 Å². The molecule has 0 N–H and O–H groups in total. The number of hydrogen-bond donors (Lipinski definition) is 0. The van der Waals surface area contributed by atoms with Crippen molar-refractivity contribution >= 4 is 87.2 Å². The highest BCUT2D eigenvalue weighted by Crippen LogP contribution is 2.39. The molecule has 0 saturated carbocycles. The van der Waals surface area contributed by atoms with Gasteiger partial charge in [0.15, 0.2) is 10.9 Å². The minimum absolute atomic E-state index is 0.0605. The smallest absolute Gasteiger partial charge is 0.197 e. The lowest BCUT2D eigenvalue weighted by Gasteiger charge is -2.18. The first kappa shape index (κ1) is 36.2. The number of hydrogen-bond acceptors (Lipinski definition) is 2. The van der Waals surface area contributed by atoms with Crippen molar-refractivity contribution in [2.24, 2.45) is 14.1 Å². The van der Waals surface area contributed by atoms with Gasteiger partial charge in [0.25, 0.3) is 0 Å². The first-order valence-corrected chi connectivity index (χ1v) is 21.6. The van der Waals surface area contributed by atoms with Crippen LogP contribution in [0.5, 0.6) is 0 Å². The van der Waals surface area contributed by atoms with Crippen molar-refractivity contribution < 1.29 is 0 Å². The maximum atomic E-state index is 14.8. The van der Waals surface area contributed by atoms with Crippen LogP contribution >= 0.6 is 0 Å². The molecule has 4 aromatic heterocycles. The molecule has 13 aromatic rings. The van der Waals surface area contributed by atoms with Crippen LogP contribution in [0, 0.1) is 0 Å². The van der Waals surface area contributed by atoms with Crippen LogP contribution in [-0.2, 0) is 14.1 Å². The van der Waals surface area contributed by atoms with E-state index < -0.39 is 0 Å². The van der Waals surface area contributed by atoms with Crippen LogP contribution in [0.3, 0.4) is 0 Å². The quantitative estimate of drug-likeness (QED) is 0.166. The van der Waals surface area contributed by atoms with Crippen molar-refractivity contribution in [3.8, 4) is 33.6 Å². The van der Waals surface area contributed by atoms with E-state index in [4.69, 9.17) is 0 Å². The zero-order valence-corrected chi connectivity index (χ0v) is 35.1. The highest BCUT2D eigenvalue weighted by Gasteiger charge is 2.21. The second kappa shape index (κ2) is 13.5. The maximum absolute atomic E-state index is 14.8. The van der Waals surface area contributed by atoms with Crippen LogP contribution in [0.15, 0.2) is 204 Å². The summed E-state index contributed by atoms with van der Waals surface area (Å²) < 4.78 is 8.81. The summed E-state index contributed by atoms with van der Waals surface area (Å²) in [6.45, 7) is 0. The minimum Gasteiger partial charge on any atom is -0.343 e. The molecule has 6 nitrogen and oxygen atoms in total. The first-order chi connectivity index (χ1) is 31.4. The molecule has 0 unspecified atom stereocenters. The predicted octanol–water partition coefficient (Wildman–Crippen LogP) is 13.2. The van der Waals surface area contributed by atoms with E-state index in [-0.39, 0.29) is 10.9 Å². The lowest BCUT2D eigenvalue weighted by Crippen LogP contribution is -2.14. The molecule has 0 fully saturated rings. The van der Waals surface area contributed by atoms with Crippen molar-refractivity contribution in [2.45, 2.75) is 0 Å². The summed E-state index contributed by atoms with van der Waals surface area (Å²) in [5, 5.41) is 7.01. The summed E-state index contributed by atoms with van der Waals surface area (Å²) >= 11 is 0. The molecule has 4 heterocycles. The molecule has 0 aliphatic heterocycles. The molecule has 9 aromatic carbocycles. The van der Waals surface area contributed by atoms with Crippen LogP contribution in [0.1, 0.15) is 0 Å². The van der Waals surface area contributed by atoms with E-state index in [1.165, 1.54) is 0 Å². The van der Waals surface area contributed by atoms with Crippen molar-refractivity contribution in [1.29, 1.82) is 0 Å². The van der Waals surface area contributed by atoms with Crippen molar-refractivity contribution in [1.82, 2.24) is 18.3 Å². The number of nitrogens with zero attached hydrogens (tertiary/aromatic N) is 4. The highest BCUT2D eigenvalue weighted by atomic mass is 16.1. The van der Waals surface area contributed by atoms with Crippen LogP contribution < -0.4 is 10.9 Å². The van der Waals surface area contributed by atoms with Gasteiger partial charge in [-0.1, -0.05) is 109 Å². The third-order valence-electron chi connectivity index (χ3n) is 13.6. The number of para-hydroxylation sites is 6. The maximum Gasteiger partial charge on any atom is 0.197 e. The SMILES string of the molecule is Cn1c2cc3c(=O)c4cccc(-c5ccc6c(c5)c5ccccc5n6-c5ccccc5)c4n(C)c3cc2c(=O)c2cccc(-c3ccc4c(c3)c3ccccc3n4-c3ccccc3)c21. The molecule has 0 amide bonds. The van der Waals surface area contributed by atoms with E-state index in [0.29, 0.717) is 32.6 Å². The van der Waals surface area contributed by atoms with Crippen molar-refractivity contribution in [3.63, 3.8) is 0 Å². The standard InChI is InChI=1S/C58H38N4O2/c1-59-53-33-48-54(60(2)56-40(22-14-24-44(56)58(48)64)36-28-30-52-46(32-36)42-20-10-12-26-50(42)62(52)38-17-7-4-8-18-38)34-47(53)57(63)43-23-13-21-39(55(43)59)35-27-29-51-45(31-35)41-19-9-11-25-49(41)61(51)37-15-5-3-6-16-37/h3-34H,1-2H3. The molecule has 0 radical (unpaired) electrons. The molecule has 64 heavy (non-hydrogen) atoms. The fraction of sp³-hybridized carbons (Fsp3) is 0.0345. The van der Waals surface area contributed by atoms with E-state index in [1.807, 2.05) is 62.6 Å². The third kappa shape index (κ3) is 5.02. The normalized spacial score (nSPS) is 12.0. The average molecular weight is 823 g/mol. The van der Waals surface area contributed by atoms with Gasteiger partial charge in [0.1, 0.15) is 0 Å². The number of rotatable bonds is 4. The van der Waals surface area contributed by atoms with E-state index in [9.17, 15) is 9.59 Å². The number of fused-ring (bicyclic) bond motifs is 10. The van der Waals surface area contributed by atoms with Gasteiger partial charge in [-0.3, -0.25) is 9.59 Å². The predicted molar refractivity (Wildman–Crippen MR) is 266 cm³/mol. The fourth-order valence-corrected chi connectivity index (χ4v) is 10.7. The number of pyridine rings is 2.